The van der Waals surface area contributed by atoms with E-state index in [4.69, 9.17) is 0 Å². The third-order valence-corrected chi connectivity index (χ3v) is 4.47. The molecule has 0 aromatic carbocycles. The quantitative estimate of drug-likeness (QED) is 0.645. The van der Waals surface area contributed by atoms with E-state index in [1.807, 2.05) is 0 Å². The Labute approximate surface area is 124 Å². The molecule has 1 aliphatic carbocycles. The molecule has 1 saturated carbocycles. The van der Waals surface area contributed by atoms with Gasteiger partial charge in [0.1, 0.15) is 0 Å². The van der Waals surface area contributed by atoms with Crippen LogP contribution in [-0.4, -0.2) is 22.0 Å². The molecule has 6 nitrogen and oxygen atoms in total. The summed E-state index contributed by atoms with van der Waals surface area (Å²) in [5, 5.41) is 11.0. The Bertz CT molecular complexity index is 581. The highest BCUT2D eigenvalue weighted by Crippen LogP contribution is 2.39. The van der Waals surface area contributed by atoms with Gasteiger partial charge in [0.2, 0.25) is 6.04 Å². The molecule has 120 valence electrons. The van der Waals surface area contributed by atoms with Crippen LogP contribution in [0.5, 0.6) is 0 Å². The van der Waals surface area contributed by atoms with Crippen molar-refractivity contribution in [2.75, 3.05) is 0 Å². The Morgan fingerprint density at radius 1 is 1.27 bits per heavy atom. The van der Waals surface area contributed by atoms with Crippen LogP contribution >= 0.6 is 0 Å². The summed E-state index contributed by atoms with van der Waals surface area (Å²) in [6.45, 7) is 0. The van der Waals surface area contributed by atoms with Crippen LogP contribution in [-0.2, 0) is 6.18 Å². The average Bonchev–Trinajstić information content (AvgIpc) is 2.89. The highest BCUT2D eigenvalue weighted by atomic mass is 19.4. The lowest BCUT2D eigenvalue weighted by molar-refractivity contribution is -0.528. The molecule has 2 N–H and O–H groups in total. The summed E-state index contributed by atoms with van der Waals surface area (Å²) in [5.74, 6) is -0.116. The lowest BCUT2D eigenvalue weighted by Crippen LogP contribution is -2.39. The molecule has 4 atom stereocenters. The minimum Gasteiger partial charge on any atom is -0.264 e. The number of nitrogens with zero attached hydrogens (tertiary/aromatic N) is 2. The van der Waals surface area contributed by atoms with Gasteiger partial charge in [-0.3, -0.25) is 20.5 Å². The van der Waals surface area contributed by atoms with E-state index in [0.29, 0.717) is 24.8 Å². The fourth-order valence-electron chi connectivity index (χ4n) is 3.34. The Morgan fingerprint density at radius 2 is 2.05 bits per heavy atom. The van der Waals surface area contributed by atoms with Crippen molar-refractivity contribution in [3.63, 3.8) is 0 Å². The van der Waals surface area contributed by atoms with Crippen LogP contribution in [0.1, 0.15) is 36.4 Å². The number of nitro groups is 1. The van der Waals surface area contributed by atoms with Gasteiger partial charge in [0.05, 0.1) is 11.6 Å². The summed E-state index contributed by atoms with van der Waals surface area (Å²) in [7, 11) is 0. The zero-order chi connectivity index (χ0) is 15.9. The summed E-state index contributed by atoms with van der Waals surface area (Å²) in [6.07, 6.45) is -0.831. The van der Waals surface area contributed by atoms with Crippen LogP contribution in [0, 0.1) is 16.0 Å². The predicted octanol–water partition coefficient (Wildman–Crippen LogP) is 2.06. The van der Waals surface area contributed by atoms with Crippen LogP contribution < -0.4 is 10.9 Å². The monoisotopic (exact) mass is 316 g/mol. The van der Waals surface area contributed by atoms with Gasteiger partial charge in [0, 0.05) is 42.1 Å². The predicted molar refractivity (Wildman–Crippen MR) is 70.2 cm³/mol. The lowest BCUT2D eigenvalue weighted by atomic mass is 9.77. The molecule has 2 aliphatic rings. The van der Waals surface area contributed by atoms with Crippen molar-refractivity contribution in [3.8, 4) is 0 Å². The summed E-state index contributed by atoms with van der Waals surface area (Å²) in [5.41, 5.74) is 5.61. The standard InChI is InChI=1S/C13H15F3N4O2/c14-13(15,16)8-3-7(5-17-6-8)12-10-4-9(20(21)22)1-2-11(10)18-19-12/h3,5-6,9-12,18-19H,1-2,4H2. The van der Waals surface area contributed by atoms with E-state index in [2.05, 4.69) is 15.8 Å². The molecule has 0 bridgehead atoms. The molecule has 2 fully saturated rings. The molecule has 0 spiro atoms. The number of aromatic nitrogens is 1. The number of rotatable bonds is 2. The Balaban J connectivity index is 1.84. The first kappa shape index (κ1) is 15.2. The Hall–Kier alpha value is -1.74. The first-order chi connectivity index (χ1) is 10.4. The minimum atomic E-state index is -4.45. The number of alkyl halides is 3. The zero-order valence-electron chi connectivity index (χ0n) is 11.5. The van der Waals surface area contributed by atoms with Crippen molar-refractivity contribution in [3.05, 3.63) is 39.7 Å². The number of nitrogens with one attached hydrogen (secondary N) is 2. The maximum atomic E-state index is 12.8. The first-order valence-corrected chi connectivity index (χ1v) is 7.03. The number of hydrogen-bond acceptors (Lipinski definition) is 5. The third kappa shape index (κ3) is 2.78. The van der Waals surface area contributed by atoms with Gasteiger partial charge in [-0.25, -0.2) is 5.43 Å². The fourth-order valence-corrected chi connectivity index (χ4v) is 3.34. The van der Waals surface area contributed by atoms with Gasteiger partial charge in [-0.05, 0) is 18.1 Å². The molecule has 0 amide bonds. The highest BCUT2D eigenvalue weighted by Gasteiger charge is 2.45. The van der Waals surface area contributed by atoms with Crippen molar-refractivity contribution in [1.82, 2.24) is 15.8 Å². The maximum absolute atomic E-state index is 12.8. The van der Waals surface area contributed by atoms with Crippen molar-refractivity contribution in [1.29, 1.82) is 0 Å². The Kier molecular flexibility index (Phi) is 3.77. The van der Waals surface area contributed by atoms with Gasteiger partial charge in [-0.15, -0.1) is 0 Å². The number of hydrogen-bond donors (Lipinski definition) is 2. The first-order valence-electron chi connectivity index (χ1n) is 7.03. The number of hydrazine groups is 1. The van der Waals surface area contributed by atoms with Gasteiger partial charge in [0.15, 0.2) is 0 Å². The molecule has 22 heavy (non-hydrogen) atoms. The van der Waals surface area contributed by atoms with E-state index in [1.165, 1.54) is 6.20 Å². The van der Waals surface area contributed by atoms with Gasteiger partial charge in [-0.1, -0.05) is 0 Å². The molecule has 2 heterocycles. The third-order valence-electron chi connectivity index (χ3n) is 4.47. The van der Waals surface area contributed by atoms with Crippen LogP contribution in [0.15, 0.2) is 18.5 Å². The molecule has 1 aliphatic heterocycles. The van der Waals surface area contributed by atoms with E-state index in [1.54, 1.807) is 0 Å². The maximum Gasteiger partial charge on any atom is 0.417 e. The second-order valence-corrected chi connectivity index (χ2v) is 5.79. The van der Waals surface area contributed by atoms with Gasteiger partial charge >= 0.3 is 6.18 Å². The number of halogens is 3. The lowest BCUT2D eigenvalue weighted by Gasteiger charge is -2.29. The second-order valence-electron chi connectivity index (χ2n) is 5.79. The molecular formula is C13H15F3N4O2. The second kappa shape index (κ2) is 5.47. The molecule has 1 saturated heterocycles. The van der Waals surface area contributed by atoms with E-state index >= 15 is 0 Å². The normalized spacial score (nSPS) is 31.8. The molecule has 4 unspecified atom stereocenters. The summed E-state index contributed by atoms with van der Waals surface area (Å²) < 4.78 is 38.4. The molecular weight excluding hydrogens is 301 g/mol. The van der Waals surface area contributed by atoms with Crippen LogP contribution in [0.4, 0.5) is 13.2 Å². The molecule has 0 radical (unpaired) electrons. The molecule has 3 rings (SSSR count). The molecule has 9 heteroatoms. The zero-order valence-corrected chi connectivity index (χ0v) is 11.5. The van der Waals surface area contributed by atoms with E-state index in [9.17, 15) is 23.3 Å². The van der Waals surface area contributed by atoms with E-state index < -0.39 is 23.8 Å². The van der Waals surface area contributed by atoms with Crippen molar-refractivity contribution in [2.24, 2.45) is 5.92 Å². The largest absolute Gasteiger partial charge is 0.417 e. The van der Waals surface area contributed by atoms with Crippen LogP contribution in [0.2, 0.25) is 0 Å². The van der Waals surface area contributed by atoms with Gasteiger partial charge < -0.3 is 0 Å². The topological polar surface area (TPSA) is 80.1 Å². The van der Waals surface area contributed by atoms with Gasteiger partial charge in [0.25, 0.3) is 0 Å². The number of fused-ring (bicyclic) bond motifs is 1. The minimum absolute atomic E-state index is 0.0377. The van der Waals surface area contributed by atoms with Crippen molar-refractivity contribution >= 4 is 0 Å². The van der Waals surface area contributed by atoms with Crippen molar-refractivity contribution in [2.45, 2.75) is 43.6 Å². The van der Waals surface area contributed by atoms with Gasteiger partial charge in [-0.2, -0.15) is 13.2 Å². The molecule has 1 aromatic heterocycles. The van der Waals surface area contributed by atoms with E-state index in [-0.39, 0.29) is 16.9 Å². The summed E-state index contributed by atoms with van der Waals surface area (Å²) in [4.78, 5) is 14.3. The summed E-state index contributed by atoms with van der Waals surface area (Å²) in [6, 6.07) is 0.0623. The van der Waals surface area contributed by atoms with E-state index in [0.717, 1.165) is 12.3 Å². The van der Waals surface area contributed by atoms with Crippen LogP contribution in [0.3, 0.4) is 0 Å². The molecule has 1 aromatic rings. The fraction of sp³-hybridized carbons (Fsp3) is 0.615. The van der Waals surface area contributed by atoms with Crippen molar-refractivity contribution < 1.29 is 18.1 Å². The SMILES string of the molecule is O=[N+]([O-])C1CCC2NNC(c3cncc(C(F)(F)F)c3)C2C1. The highest BCUT2D eigenvalue weighted by molar-refractivity contribution is 5.25. The smallest absolute Gasteiger partial charge is 0.264 e. The number of pyridine rings is 1. The average molecular weight is 316 g/mol. The van der Waals surface area contributed by atoms with Crippen LogP contribution in [0.25, 0.3) is 0 Å². The summed E-state index contributed by atoms with van der Waals surface area (Å²) >= 11 is 0. The Morgan fingerprint density at radius 3 is 2.73 bits per heavy atom.